The van der Waals surface area contributed by atoms with Crippen LogP contribution in [0, 0.1) is 12.8 Å². The van der Waals surface area contributed by atoms with E-state index in [1.165, 1.54) is 11.3 Å². The number of carbonyl (C=O) groups excluding carboxylic acids is 2. The van der Waals surface area contributed by atoms with Crippen LogP contribution in [0.1, 0.15) is 42.6 Å². The lowest BCUT2D eigenvalue weighted by atomic mass is 10.0. The van der Waals surface area contributed by atoms with Gasteiger partial charge in [-0.15, -0.1) is 11.3 Å². The fourth-order valence-corrected chi connectivity index (χ4v) is 4.21. The number of nitrogens with zero attached hydrogens (tertiary/aromatic N) is 1. The summed E-state index contributed by atoms with van der Waals surface area (Å²) in [5.41, 5.74) is 1.75. The Morgan fingerprint density at radius 1 is 1.35 bits per heavy atom. The van der Waals surface area contributed by atoms with Gasteiger partial charge >= 0.3 is 6.09 Å². The molecule has 0 fully saturated rings. The Morgan fingerprint density at radius 3 is 2.73 bits per heavy atom. The standard InChI is InChI=1S/C18H25N3O3S2/c1-5-24-18(23)21-14(8-11(2)3)9-19-16(22)15-12(4)20-17(26-15)13-6-7-25-10-13/h6-7,10-11,14H,5,8-9H2,1-4H3,(H,19,22)(H,21,23). The topological polar surface area (TPSA) is 80.3 Å². The second kappa shape index (κ2) is 9.68. The summed E-state index contributed by atoms with van der Waals surface area (Å²) >= 11 is 2.99. The summed E-state index contributed by atoms with van der Waals surface area (Å²) in [6, 6.07) is 1.81. The van der Waals surface area contributed by atoms with Gasteiger partial charge in [-0.25, -0.2) is 9.78 Å². The average molecular weight is 396 g/mol. The monoisotopic (exact) mass is 395 g/mol. The predicted octanol–water partition coefficient (Wildman–Crippen LogP) is 4.07. The van der Waals surface area contributed by atoms with Crippen LogP contribution >= 0.6 is 22.7 Å². The molecule has 26 heavy (non-hydrogen) atoms. The van der Waals surface area contributed by atoms with E-state index in [9.17, 15) is 9.59 Å². The number of carbonyl (C=O) groups is 2. The van der Waals surface area contributed by atoms with Crippen molar-refractivity contribution in [2.75, 3.05) is 13.2 Å². The minimum absolute atomic E-state index is 0.166. The van der Waals surface area contributed by atoms with Gasteiger partial charge in [-0.1, -0.05) is 13.8 Å². The maximum absolute atomic E-state index is 12.6. The number of thiophene rings is 1. The van der Waals surface area contributed by atoms with Gasteiger partial charge in [0.05, 0.1) is 12.3 Å². The van der Waals surface area contributed by atoms with Crippen LogP contribution in [-0.2, 0) is 4.74 Å². The molecule has 0 aromatic carbocycles. The maximum Gasteiger partial charge on any atom is 0.407 e. The van der Waals surface area contributed by atoms with Gasteiger partial charge in [0.2, 0.25) is 0 Å². The molecule has 2 aromatic rings. The van der Waals surface area contributed by atoms with E-state index in [4.69, 9.17) is 4.74 Å². The summed E-state index contributed by atoms with van der Waals surface area (Å²) in [5, 5.41) is 10.6. The predicted molar refractivity (Wildman–Crippen MR) is 106 cm³/mol. The zero-order valence-electron chi connectivity index (χ0n) is 15.5. The number of aryl methyl sites for hydroxylation is 1. The fourth-order valence-electron chi connectivity index (χ4n) is 2.51. The van der Waals surface area contributed by atoms with Crippen molar-refractivity contribution < 1.29 is 14.3 Å². The molecule has 0 radical (unpaired) electrons. The average Bonchev–Trinajstić information content (AvgIpc) is 3.21. The minimum atomic E-state index is -0.457. The molecule has 2 N–H and O–H groups in total. The Hall–Kier alpha value is -1.93. The Balaban J connectivity index is 1.99. The molecule has 0 spiro atoms. The van der Waals surface area contributed by atoms with E-state index >= 15 is 0 Å². The first-order valence-electron chi connectivity index (χ1n) is 8.62. The first kappa shape index (κ1) is 20.4. The molecule has 1 atom stereocenters. The third kappa shape index (κ3) is 5.81. The summed E-state index contributed by atoms with van der Waals surface area (Å²) in [5.74, 6) is 0.218. The summed E-state index contributed by atoms with van der Waals surface area (Å²) in [4.78, 5) is 29.4. The van der Waals surface area contributed by atoms with Gasteiger partial charge < -0.3 is 15.4 Å². The molecule has 8 heteroatoms. The molecule has 0 saturated heterocycles. The van der Waals surface area contributed by atoms with E-state index in [0.29, 0.717) is 29.6 Å². The van der Waals surface area contributed by atoms with Crippen LogP contribution in [0.4, 0.5) is 4.79 Å². The number of alkyl carbamates (subject to hydrolysis) is 1. The molecule has 2 amide bonds. The molecule has 2 aromatic heterocycles. The van der Waals surface area contributed by atoms with E-state index in [-0.39, 0.29) is 11.9 Å². The van der Waals surface area contributed by atoms with E-state index < -0.39 is 6.09 Å². The highest BCUT2D eigenvalue weighted by Crippen LogP contribution is 2.29. The van der Waals surface area contributed by atoms with Crippen molar-refractivity contribution in [1.29, 1.82) is 0 Å². The van der Waals surface area contributed by atoms with Crippen molar-refractivity contribution in [3.63, 3.8) is 0 Å². The number of rotatable bonds is 8. The van der Waals surface area contributed by atoms with Gasteiger partial charge in [0.1, 0.15) is 9.88 Å². The molecule has 0 aliphatic rings. The molecule has 0 aliphatic carbocycles. The Bertz CT molecular complexity index is 726. The molecule has 2 rings (SSSR count). The lowest BCUT2D eigenvalue weighted by Gasteiger charge is -2.20. The number of hydrogen-bond donors (Lipinski definition) is 2. The van der Waals surface area contributed by atoms with Gasteiger partial charge in [-0.05, 0) is 37.6 Å². The summed E-state index contributed by atoms with van der Waals surface area (Å²) in [7, 11) is 0. The first-order chi connectivity index (χ1) is 12.4. The van der Waals surface area contributed by atoms with Crippen molar-refractivity contribution in [2.24, 2.45) is 5.92 Å². The lowest BCUT2D eigenvalue weighted by Crippen LogP contribution is -2.44. The zero-order chi connectivity index (χ0) is 19.1. The highest BCUT2D eigenvalue weighted by atomic mass is 32.1. The van der Waals surface area contributed by atoms with Gasteiger partial charge in [0.25, 0.3) is 5.91 Å². The maximum atomic E-state index is 12.6. The minimum Gasteiger partial charge on any atom is -0.450 e. The van der Waals surface area contributed by atoms with E-state index in [1.807, 2.05) is 23.8 Å². The van der Waals surface area contributed by atoms with Crippen molar-refractivity contribution >= 4 is 34.7 Å². The van der Waals surface area contributed by atoms with Crippen molar-refractivity contribution in [3.8, 4) is 10.6 Å². The van der Waals surface area contributed by atoms with Crippen LogP contribution < -0.4 is 10.6 Å². The van der Waals surface area contributed by atoms with Crippen LogP contribution in [-0.4, -0.2) is 36.2 Å². The number of amides is 2. The molecule has 0 aliphatic heterocycles. The lowest BCUT2D eigenvalue weighted by molar-refractivity contribution is 0.0947. The van der Waals surface area contributed by atoms with Crippen LogP contribution in [0.15, 0.2) is 16.8 Å². The van der Waals surface area contributed by atoms with Gasteiger partial charge in [0, 0.05) is 23.5 Å². The normalized spacial score (nSPS) is 12.0. The second-order valence-corrected chi connectivity index (χ2v) is 8.13. The number of ether oxygens (including phenoxy) is 1. The SMILES string of the molecule is CCOC(=O)NC(CNC(=O)c1sc(-c2ccsc2)nc1C)CC(C)C. The van der Waals surface area contributed by atoms with Crippen molar-refractivity contribution in [2.45, 2.75) is 40.2 Å². The van der Waals surface area contributed by atoms with Gasteiger partial charge in [-0.2, -0.15) is 11.3 Å². The fraction of sp³-hybridized carbons (Fsp3) is 0.500. The number of aromatic nitrogens is 1. The van der Waals surface area contributed by atoms with Crippen molar-refractivity contribution in [3.05, 3.63) is 27.4 Å². The Kier molecular flexibility index (Phi) is 7.59. The third-order valence-electron chi connectivity index (χ3n) is 3.63. The summed E-state index contributed by atoms with van der Waals surface area (Å²) in [6.45, 7) is 8.41. The molecule has 142 valence electrons. The molecular weight excluding hydrogens is 370 g/mol. The smallest absolute Gasteiger partial charge is 0.407 e. The molecule has 1 unspecified atom stereocenters. The van der Waals surface area contributed by atoms with Gasteiger partial charge in [-0.3, -0.25) is 4.79 Å². The highest BCUT2D eigenvalue weighted by molar-refractivity contribution is 7.17. The molecule has 0 saturated carbocycles. The highest BCUT2D eigenvalue weighted by Gasteiger charge is 2.19. The number of hydrogen-bond acceptors (Lipinski definition) is 6. The van der Waals surface area contributed by atoms with Crippen LogP contribution in [0.5, 0.6) is 0 Å². The number of nitrogens with one attached hydrogen (secondary N) is 2. The molecule has 0 bridgehead atoms. The summed E-state index contributed by atoms with van der Waals surface area (Å²) < 4.78 is 4.94. The van der Waals surface area contributed by atoms with Crippen LogP contribution in [0.2, 0.25) is 0 Å². The quantitative estimate of drug-likeness (QED) is 0.706. The van der Waals surface area contributed by atoms with E-state index in [2.05, 4.69) is 29.5 Å². The molecular formula is C18H25N3O3S2. The van der Waals surface area contributed by atoms with Crippen molar-refractivity contribution in [1.82, 2.24) is 15.6 Å². The van der Waals surface area contributed by atoms with Crippen LogP contribution in [0.3, 0.4) is 0 Å². The molecule has 6 nitrogen and oxygen atoms in total. The van der Waals surface area contributed by atoms with E-state index in [1.54, 1.807) is 18.3 Å². The third-order valence-corrected chi connectivity index (χ3v) is 5.52. The Morgan fingerprint density at radius 2 is 2.12 bits per heavy atom. The first-order valence-corrected chi connectivity index (χ1v) is 10.4. The number of thiazole rings is 1. The summed E-state index contributed by atoms with van der Waals surface area (Å²) in [6.07, 6.45) is 0.294. The zero-order valence-corrected chi connectivity index (χ0v) is 17.1. The Labute approximate surface area is 162 Å². The van der Waals surface area contributed by atoms with Gasteiger partial charge in [0.15, 0.2) is 0 Å². The van der Waals surface area contributed by atoms with Crippen LogP contribution in [0.25, 0.3) is 10.6 Å². The molecule has 2 heterocycles. The van der Waals surface area contributed by atoms with E-state index in [0.717, 1.165) is 17.0 Å². The second-order valence-electron chi connectivity index (χ2n) is 6.35. The largest absolute Gasteiger partial charge is 0.450 e.